The Morgan fingerprint density at radius 3 is 1.44 bits per heavy atom. The van der Waals surface area contributed by atoms with Gasteiger partial charge in [-0.1, -0.05) is 0 Å². The number of carbonyl (C=O) groups is 2. The van der Waals surface area contributed by atoms with Gasteiger partial charge in [0.25, 0.3) is 0 Å². The molecule has 2 heterocycles. The van der Waals surface area contributed by atoms with E-state index in [0.717, 1.165) is 8.92 Å². The number of anilines is 2. The average Bonchev–Trinajstić information content (AvgIpc) is 2.84. The van der Waals surface area contributed by atoms with Gasteiger partial charge in [0.1, 0.15) is 0 Å². The Labute approximate surface area is 196 Å². The van der Waals surface area contributed by atoms with Crippen LogP contribution in [0, 0.1) is 0 Å². The van der Waals surface area contributed by atoms with Gasteiger partial charge in [0, 0.05) is 0 Å². The molecule has 0 aliphatic heterocycles. The third-order valence-corrected chi connectivity index (χ3v) is 11.6. The maximum atomic E-state index is 12.8. The Hall–Kier alpha value is -3.28. The molecule has 0 saturated carbocycles. The molecule has 0 radical (unpaired) electrons. The van der Waals surface area contributed by atoms with E-state index in [0.29, 0.717) is 22.5 Å². The van der Waals surface area contributed by atoms with Crippen molar-refractivity contribution < 1.29 is 9.59 Å². The Bertz CT molecular complexity index is 1120. The monoisotopic (exact) mass is 554 g/mol. The van der Waals surface area contributed by atoms with Crippen molar-refractivity contribution in [2.75, 3.05) is 10.6 Å². The van der Waals surface area contributed by atoms with E-state index < -0.39 is 0 Å². The first kappa shape index (κ1) is 21.9. The van der Waals surface area contributed by atoms with E-state index >= 15 is 0 Å². The van der Waals surface area contributed by atoms with Gasteiger partial charge >= 0.3 is 197 Å². The van der Waals surface area contributed by atoms with Crippen LogP contribution < -0.4 is 19.6 Å². The van der Waals surface area contributed by atoms with Crippen molar-refractivity contribution >= 4 is 58.4 Å². The van der Waals surface area contributed by atoms with Crippen molar-refractivity contribution in [3.8, 4) is 0 Å². The Morgan fingerprint density at radius 1 is 0.594 bits per heavy atom. The number of nitrogens with zero attached hydrogens (tertiary/aromatic N) is 2. The van der Waals surface area contributed by atoms with Gasteiger partial charge < -0.3 is 0 Å². The first-order valence-corrected chi connectivity index (χ1v) is 15.7. The number of benzene rings is 2. The summed E-state index contributed by atoms with van der Waals surface area (Å²) in [6, 6.07) is 22.4. The SMILES string of the molecule is O=C(Nc1cccnc1)c1ccccc1[Se][Se]c1ccccc1C(=O)Nc1cccnc1. The molecule has 0 fully saturated rings. The van der Waals surface area contributed by atoms with Crippen LogP contribution in [-0.2, 0) is 0 Å². The van der Waals surface area contributed by atoms with Gasteiger partial charge in [-0.2, -0.15) is 0 Å². The Kier molecular flexibility index (Phi) is 7.43. The van der Waals surface area contributed by atoms with Gasteiger partial charge in [-0.3, -0.25) is 0 Å². The third-order valence-electron chi connectivity index (χ3n) is 4.32. The second kappa shape index (κ2) is 10.8. The second-order valence-corrected chi connectivity index (χ2v) is 12.7. The second-order valence-electron chi connectivity index (χ2n) is 6.55. The molecule has 4 rings (SSSR count). The first-order valence-electron chi connectivity index (χ1n) is 9.66. The molecule has 158 valence electrons. The van der Waals surface area contributed by atoms with Crippen molar-refractivity contribution in [2.24, 2.45) is 0 Å². The number of hydrogen-bond donors (Lipinski definition) is 2. The van der Waals surface area contributed by atoms with Gasteiger partial charge in [0.2, 0.25) is 0 Å². The van der Waals surface area contributed by atoms with E-state index in [2.05, 4.69) is 20.6 Å². The number of nitrogens with one attached hydrogen (secondary N) is 2. The van der Waals surface area contributed by atoms with Crippen LogP contribution in [0.25, 0.3) is 0 Å². The molecule has 0 aliphatic rings. The maximum absolute atomic E-state index is 12.8. The summed E-state index contributed by atoms with van der Waals surface area (Å²) in [6.07, 6.45) is 6.56. The fourth-order valence-corrected chi connectivity index (χ4v) is 9.93. The molecule has 32 heavy (non-hydrogen) atoms. The molecular formula is C24H18N4O2Se2. The van der Waals surface area contributed by atoms with Crippen LogP contribution in [0.1, 0.15) is 20.7 Å². The first-order chi connectivity index (χ1) is 15.7. The van der Waals surface area contributed by atoms with E-state index in [-0.39, 0.29) is 38.1 Å². The molecule has 2 aromatic heterocycles. The van der Waals surface area contributed by atoms with Crippen molar-refractivity contribution in [3.05, 3.63) is 109 Å². The van der Waals surface area contributed by atoms with Crippen molar-refractivity contribution in [3.63, 3.8) is 0 Å². The topological polar surface area (TPSA) is 84.0 Å². The molecule has 0 unspecified atom stereocenters. The summed E-state index contributed by atoms with van der Waals surface area (Å²) in [5.41, 5.74) is 2.61. The minimum atomic E-state index is -0.158. The molecule has 0 spiro atoms. The molecule has 0 aliphatic carbocycles. The van der Waals surface area contributed by atoms with E-state index in [4.69, 9.17) is 0 Å². The summed E-state index contributed by atoms with van der Waals surface area (Å²) < 4.78 is 2.01. The number of rotatable bonds is 7. The van der Waals surface area contributed by atoms with Crippen molar-refractivity contribution in [2.45, 2.75) is 0 Å². The molecule has 2 N–H and O–H groups in total. The zero-order valence-electron chi connectivity index (χ0n) is 16.8. The zero-order chi connectivity index (χ0) is 22.2. The third kappa shape index (κ3) is 5.69. The number of carbonyl (C=O) groups excluding carboxylic acids is 2. The van der Waals surface area contributed by atoms with Crippen LogP contribution >= 0.6 is 0 Å². The summed E-state index contributed by atoms with van der Waals surface area (Å²) in [4.78, 5) is 33.7. The fraction of sp³-hybridized carbons (Fsp3) is 0. The summed E-state index contributed by atoms with van der Waals surface area (Å²) in [5.74, 6) is -0.317. The number of hydrogen-bond acceptors (Lipinski definition) is 4. The predicted octanol–water partition coefficient (Wildman–Crippen LogP) is 2.26. The molecule has 0 atom stereocenters. The molecule has 2 amide bonds. The van der Waals surface area contributed by atoms with Crippen LogP contribution in [0.15, 0.2) is 97.6 Å². The minimum absolute atomic E-state index is 0.0144. The average molecular weight is 552 g/mol. The van der Waals surface area contributed by atoms with Crippen LogP contribution in [-0.4, -0.2) is 48.0 Å². The van der Waals surface area contributed by atoms with E-state index in [9.17, 15) is 9.59 Å². The van der Waals surface area contributed by atoms with Gasteiger partial charge in [0.15, 0.2) is 0 Å². The van der Waals surface area contributed by atoms with Gasteiger partial charge in [-0.25, -0.2) is 0 Å². The van der Waals surface area contributed by atoms with E-state index in [1.165, 1.54) is 0 Å². The molecule has 0 bridgehead atoms. The van der Waals surface area contributed by atoms with E-state index in [1.54, 1.807) is 49.1 Å². The standard InChI is InChI=1S/C24H18N4O2Se2/c29-23(27-17-7-5-13-25-15-17)19-9-1-3-11-21(19)31-32-22-12-4-2-10-20(22)24(30)28-18-8-6-14-26-16-18/h1-16H,(H,27,29)(H,28,30). The van der Waals surface area contributed by atoms with Gasteiger partial charge in [-0.05, 0) is 0 Å². The Balaban J connectivity index is 1.49. The molecule has 2 aromatic carbocycles. The summed E-state index contributed by atoms with van der Waals surface area (Å²) in [6.45, 7) is 0. The van der Waals surface area contributed by atoms with E-state index in [1.807, 2.05) is 48.5 Å². The summed E-state index contributed by atoms with van der Waals surface area (Å²) in [7, 11) is 0. The van der Waals surface area contributed by atoms with Crippen molar-refractivity contribution in [1.82, 2.24) is 9.97 Å². The van der Waals surface area contributed by atoms with Crippen LogP contribution in [0.2, 0.25) is 0 Å². The predicted molar refractivity (Wildman–Crippen MR) is 128 cm³/mol. The van der Waals surface area contributed by atoms with Gasteiger partial charge in [0.05, 0.1) is 0 Å². The zero-order valence-corrected chi connectivity index (χ0v) is 20.2. The van der Waals surface area contributed by atoms with Gasteiger partial charge in [-0.15, -0.1) is 0 Å². The summed E-state index contributed by atoms with van der Waals surface area (Å²) >= 11 is 0.0289. The molecule has 4 aromatic rings. The number of amides is 2. The molecule has 6 nitrogen and oxygen atoms in total. The molecule has 8 heteroatoms. The molecular weight excluding hydrogens is 534 g/mol. The summed E-state index contributed by atoms with van der Waals surface area (Å²) in [5, 5.41) is 5.80. The van der Waals surface area contributed by atoms with Crippen LogP contribution in [0.5, 0.6) is 0 Å². The number of pyridine rings is 2. The Morgan fingerprint density at radius 2 is 1.03 bits per heavy atom. The fourth-order valence-electron chi connectivity index (χ4n) is 2.81. The van der Waals surface area contributed by atoms with Crippen LogP contribution in [0.3, 0.4) is 0 Å². The normalized spacial score (nSPS) is 10.4. The number of aromatic nitrogens is 2. The molecule has 0 saturated heterocycles. The van der Waals surface area contributed by atoms with Crippen molar-refractivity contribution in [1.29, 1.82) is 0 Å². The quantitative estimate of drug-likeness (QED) is 0.345. The van der Waals surface area contributed by atoms with Crippen LogP contribution in [0.4, 0.5) is 11.4 Å².